The van der Waals surface area contributed by atoms with Gasteiger partial charge in [-0.3, -0.25) is 5.43 Å². The third-order valence-corrected chi connectivity index (χ3v) is 2.00. The molecule has 0 saturated heterocycles. The summed E-state index contributed by atoms with van der Waals surface area (Å²) in [5.74, 6) is 0.586. The molecule has 6 heteroatoms. The summed E-state index contributed by atoms with van der Waals surface area (Å²) in [6, 6.07) is 5.32. The van der Waals surface area contributed by atoms with Crippen LogP contribution in [-0.2, 0) is 0 Å². The summed E-state index contributed by atoms with van der Waals surface area (Å²) in [6.45, 7) is 0. The first-order valence-electron chi connectivity index (χ1n) is 3.67. The van der Waals surface area contributed by atoms with Crippen LogP contribution in [0.3, 0.4) is 0 Å². The molecule has 0 fully saturated rings. The quantitative estimate of drug-likeness (QED) is 0.485. The summed E-state index contributed by atoms with van der Waals surface area (Å²) in [7, 11) is 0. The summed E-state index contributed by atoms with van der Waals surface area (Å²) in [5, 5.41) is 4.47. The van der Waals surface area contributed by atoms with Gasteiger partial charge in [0, 0.05) is 5.69 Å². The topological polar surface area (TPSA) is 74.5 Å². The molecule has 2 rings (SSSR count). The monoisotopic (exact) mass is 197 g/mol. The van der Waals surface area contributed by atoms with Crippen molar-refractivity contribution in [1.82, 2.24) is 16.5 Å². The Bertz CT molecular complexity index is 342. The van der Waals surface area contributed by atoms with Crippen LogP contribution in [-0.4, -0.2) is 5.84 Å². The molecule has 0 radical (unpaired) electrons. The van der Waals surface area contributed by atoms with Gasteiger partial charge in [-0.15, -0.1) is 10.6 Å². The van der Waals surface area contributed by atoms with Crippen molar-refractivity contribution >= 4 is 23.1 Å². The summed E-state index contributed by atoms with van der Waals surface area (Å²) in [4.78, 5) is 0. The Morgan fingerprint density at radius 2 is 2.23 bits per heavy atom. The van der Waals surface area contributed by atoms with Crippen LogP contribution in [0, 0.1) is 0 Å². The number of nitrogens with one attached hydrogen (secondary N) is 3. The van der Waals surface area contributed by atoms with E-state index < -0.39 is 0 Å². The molecule has 0 bridgehead atoms. The van der Waals surface area contributed by atoms with E-state index in [4.69, 9.17) is 17.3 Å². The zero-order valence-corrected chi connectivity index (χ0v) is 7.39. The highest BCUT2D eigenvalue weighted by molar-refractivity contribution is 6.35. The van der Waals surface area contributed by atoms with Gasteiger partial charge in [-0.25, -0.2) is 5.53 Å². The van der Waals surface area contributed by atoms with Crippen LogP contribution in [0.15, 0.2) is 23.3 Å². The molecule has 1 aliphatic heterocycles. The lowest BCUT2D eigenvalue weighted by molar-refractivity contribution is 0.577. The fourth-order valence-corrected chi connectivity index (χ4v) is 1.38. The molecule has 5 N–H and O–H groups in total. The van der Waals surface area contributed by atoms with Crippen molar-refractivity contribution in [3.63, 3.8) is 0 Å². The van der Waals surface area contributed by atoms with Crippen LogP contribution >= 0.6 is 11.6 Å². The van der Waals surface area contributed by atoms with E-state index in [9.17, 15) is 0 Å². The number of hydrazine groups is 2. The second-order valence-corrected chi connectivity index (χ2v) is 2.93. The molecule has 0 unspecified atom stereocenters. The van der Waals surface area contributed by atoms with Gasteiger partial charge in [-0.2, -0.15) is 0 Å². The van der Waals surface area contributed by atoms with E-state index in [1.54, 1.807) is 18.2 Å². The molecule has 5 nitrogen and oxygen atoms in total. The third-order valence-electron chi connectivity index (χ3n) is 1.69. The minimum absolute atomic E-state index is 0.566. The number of hydrazone groups is 1. The second-order valence-electron chi connectivity index (χ2n) is 2.53. The van der Waals surface area contributed by atoms with Crippen molar-refractivity contribution in [3.05, 3.63) is 28.8 Å². The summed E-state index contributed by atoms with van der Waals surface area (Å²) in [6.07, 6.45) is 0. The molecule has 0 saturated carbocycles. The normalized spacial score (nSPS) is 14.7. The minimum atomic E-state index is 0.566. The highest BCUT2D eigenvalue weighted by Gasteiger charge is 2.14. The maximum atomic E-state index is 5.95. The maximum Gasteiger partial charge on any atom is 0.173 e. The largest absolute Gasteiger partial charge is 0.398 e. The Kier molecular flexibility index (Phi) is 1.96. The SMILES string of the molecule is Nc1cccc(Cl)c1C1=NNNN1. The molecule has 1 aromatic rings. The molecule has 0 aliphatic carbocycles. The number of amidine groups is 1. The van der Waals surface area contributed by atoms with E-state index >= 15 is 0 Å². The number of nitrogens with two attached hydrogens (primary N) is 1. The van der Waals surface area contributed by atoms with Crippen LogP contribution in [0.1, 0.15) is 5.56 Å². The first-order chi connectivity index (χ1) is 6.29. The molecule has 1 aromatic carbocycles. The molecule has 0 spiro atoms. The van der Waals surface area contributed by atoms with Crippen LogP contribution in [0.25, 0.3) is 0 Å². The van der Waals surface area contributed by atoms with E-state index in [0.717, 1.165) is 0 Å². The first kappa shape index (κ1) is 8.15. The molecule has 0 atom stereocenters. The summed E-state index contributed by atoms with van der Waals surface area (Å²) in [5.41, 5.74) is 14.9. The second kappa shape index (κ2) is 3.12. The number of benzene rings is 1. The minimum Gasteiger partial charge on any atom is -0.398 e. The fourth-order valence-electron chi connectivity index (χ4n) is 1.11. The standard InChI is InChI=1S/C7H8ClN5/c8-4-2-1-3-5(9)6(4)7-10-12-13-11-7/h1-3,12-13H,9H2,(H,10,11). The summed E-state index contributed by atoms with van der Waals surface area (Å²) < 4.78 is 0. The van der Waals surface area contributed by atoms with Gasteiger partial charge < -0.3 is 5.73 Å². The highest BCUT2D eigenvalue weighted by Crippen LogP contribution is 2.21. The van der Waals surface area contributed by atoms with E-state index in [1.165, 1.54) is 0 Å². The Morgan fingerprint density at radius 1 is 1.38 bits per heavy atom. The van der Waals surface area contributed by atoms with E-state index in [0.29, 0.717) is 22.1 Å². The Hall–Kier alpha value is -1.46. The smallest absolute Gasteiger partial charge is 0.173 e. The average Bonchev–Trinajstić information content (AvgIpc) is 2.57. The number of rotatable bonds is 1. The molecular weight excluding hydrogens is 190 g/mol. The third kappa shape index (κ3) is 1.39. The first-order valence-corrected chi connectivity index (χ1v) is 4.05. The van der Waals surface area contributed by atoms with Gasteiger partial charge in [0.15, 0.2) is 5.84 Å². The van der Waals surface area contributed by atoms with Crippen LogP contribution < -0.4 is 22.2 Å². The Morgan fingerprint density at radius 3 is 2.85 bits per heavy atom. The molecule has 0 aromatic heterocycles. The van der Waals surface area contributed by atoms with Gasteiger partial charge in [-0.05, 0) is 12.1 Å². The van der Waals surface area contributed by atoms with E-state index in [-0.39, 0.29) is 0 Å². The van der Waals surface area contributed by atoms with Crippen molar-refractivity contribution in [3.8, 4) is 0 Å². The van der Waals surface area contributed by atoms with Gasteiger partial charge in [0.25, 0.3) is 0 Å². The number of halogens is 1. The Balaban J connectivity index is 2.49. The number of nitrogens with zero attached hydrogens (tertiary/aromatic N) is 1. The lowest BCUT2D eigenvalue weighted by Gasteiger charge is -2.06. The molecular formula is C7H8ClN5. The molecule has 1 heterocycles. The molecule has 68 valence electrons. The van der Waals surface area contributed by atoms with Crippen molar-refractivity contribution in [2.75, 3.05) is 5.73 Å². The van der Waals surface area contributed by atoms with E-state index in [1.807, 2.05) is 0 Å². The predicted octanol–water partition coefficient (Wildman–Crippen LogP) is 0.196. The van der Waals surface area contributed by atoms with Crippen molar-refractivity contribution in [2.45, 2.75) is 0 Å². The van der Waals surface area contributed by atoms with Crippen molar-refractivity contribution < 1.29 is 0 Å². The van der Waals surface area contributed by atoms with Crippen LogP contribution in [0.2, 0.25) is 5.02 Å². The van der Waals surface area contributed by atoms with Gasteiger partial charge in [-0.1, -0.05) is 17.7 Å². The zero-order chi connectivity index (χ0) is 9.26. The Labute approximate surface area is 79.9 Å². The highest BCUT2D eigenvalue weighted by atomic mass is 35.5. The lowest BCUT2D eigenvalue weighted by Crippen LogP contribution is -2.35. The lowest BCUT2D eigenvalue weighted by atomic mass is 10.1. The van der Waals surface area contributed by atoms with Crippen molar-refractivity contribution in [1.29, 1.82) is 0 Å². The number of nitrogen functional groups attached to an aromatic ring is 1. The van der Waals surface area contributed by atoms with Gasteiger partial charge in [0.1, 0.15) is 0 Å². The van der Waals surface area contributed by atoms with Gasteiger partial charge in [0.05, 0.1) is 10.6 Å². The molecule has 0 amide bonds. The average molecular weight is 198 g/mol. The molecule has 1 aliphatic rings. The van der Waals surface area contributed by atoms with Gasteiger partial charge >= 0.3 is 0 Å². The van der Waals surface area contributed by atoms with Crippen LogP contribution in [0.4, 0.5) is 5.69 Å². The predicted molar refractivity (Wildman–Crippen MR) is 51.8 cm³/mol. The van der Waals surface area contributed by atoms with E-state index in [2.05, 4.69) is 21.6 Å². The number of hydrogen-bond acceptors (Lipinski definition) is 5. The van der Waals surface area contributed by atoms with Gasteiger partial charge in [0.2, 0.25) is 0 Å². The molecule has 13 heavy (non-hydrogen) atoms. The fraction of sp³-hybridized carbons (Fsp3) is 0. The number of hydrogen-bond donors (Lipinski definition) is 4. The summed E-state index contributed by atoms with van der Waals surface area (Å²) >= 11 is 5.95. The maximum absolute atomic E-state index is 5.95. The van der Waals surface area contributed by atoms with Crippen LogP contribution in [0.5, 0.6) is 0 Å². The van der Waals surface area contributed by atoms with Crippen molar-refractivity contribution in [2.24, 2.45) is 5.10 Å². The zero-order valence-electron chi connectivity index (χ0n) is 6.63. The number of anilines is 1.